The molecule has 0 spiro atoms. The fraction of sp³-hybridized carbons (Fsp3) is 0.517. The summed E-state index contributed by atoms with van der Waals surface area (Å²) in [5.41, 5.74) is 7.00. The molecule has 200 valence electrons. The molecule has 9 rings (SSSR count). The van der Waals surface area contributed by atoms with Gasteiger partial charge in [0.15, 0.2) is 0 Å². The normalized spacial score (nSPS) is 22.4. The number of carboxylic acid groups (broad SMARTS) is 1. The lowest BCUT2D eigenvalue weighted by molar-refractivity contribution is -0.137. The lowest BCUT2D eigenvalue weighted by atomic mass is 9.83. The molecular weight excluding hydrogens is 482 g/mol. The van der Waals surface area contributed by atoms with E-state index in [2.05, 4.69) is 28.5 Å². The van der Waals surface area contributed by atoms with Gasteiger partial charge in [0, 0.05) is 45.2 Å². The van der Waals surface area contributed by atoms with Gasteiger partial charge in [-0.15, -0.1) is 5.10 Å². The van der Waals surface area contributed by atoms with Crippen molar-refractivity contribution < 1.29 is 19.4 Å². The highest BCUT2D eigenvalue weighted by molar-refractivity contribution is 5.80. The number of hydrogen-bond acceptors (Lipinski definition) is 5. The van der Waals surface area contributed by atoms with Crippen LogP contribution >= 0.6 is 0 Å². The second-order valence-electron chi connectivity index (χ2n) is 10.9. The van der Waals surface area contributed by atoms with Crippen LogP contribution in [-0.4, -0.2) is 74.2 Å². The minimum atomic E-state index is -0.844. The van der Waals surface area contributed by atoms with Gasteiger partial charge in [-0.05, 0) is 72.9 Å². The first-order valence-corrected chi connectivity index (χ1v) is 13.8. The fourth-order valence-corrected chi connectivity index (χ4v) is 6.29. The summed E-state index contributed by atoms with van der Waals surface area (Å²) in [6.07, 6.45) is 4.59. The third-order valence-corrected chi connectivity index (χ3v) is 8.48. The number of rotatable bonds is 2. The van der Waals surface area contributed by atoms with Gasteiger partial charge < -0.3 is 19.6 Å². The largest absolute Gasteiger partial charge is 0.481 e. The molecule has 9 bridgehead atoms. The Morgan fingerprint density at radius 1 is 1.05 bits per heavy atom. The van der Waals surface area contributed by atoms with Crippen LogP contribution < -0.4 is 0 Å². The van der Waals surface area contributed by atoms with E-state index >= 15 is 0 Å². The first-order chi connectivity index (χ1) is 18.5. The molecule has 38 heavy (non-hydrogen) atoms. The number of carbonyl (C=O) groups is 2. The number of aryl methyl sites for hydroxylation is 2. The molecule has 2 aromatic carbocycles. The number of nitrogens with zero attached hydrogens (tertiary/aromatic N) is 5. The number of hydrogen-bond donors (Lipinski definition) is 1. The van der Waals surface area contributed by atoms with E-state index < -0.39 is 5.97 Å². The van der Waals surface area contributed by atoms with E-state index in [9.17, 15) is 14.7 Å². The van der Waals surface area contributed by atoms with Crippen LogP contribution in [0.3, 0.4) is 0 Å². The molecule has 1 aromatic heterocycles. The molecule has 3 aromatic rings. The number of aromatic nitrogens is 3. The van der Waals surface area contributed by atoms with E-state index in [0.717, 1.165) is 85.0 Å². The number of amides is 2. The monoisotopic (exact) mass is 517 g/mol. The molecule has 0 aliphatic carbocycles. The van der Waals surface area contributed by atoms with E-state index in [1.165, 1.54) is 5.56 Å². The van der Waals surface area contributed by atoms with Gasteiger partial charge in [-0.1, -0.05) is 29.5 Å². The van der Waals surface area contributed by atoms with Crippen LogP contribution in [0.25, 0.3) is 11.0 Å². The zero-order valence-corrected chi connectivity index (χ0v) is 21.9. The standard InChI is InChI=1S/C29H35N5O4/c1-19-24-6-7-26-28(19)30-31-34(26)11-2-3-15-38-23-9-13-32(14-10-23)29(37)33-12-8-20-4-5-21(16-22(20)18-33)25(24)17-27(35)36/h4-7,16,23,25H,2-3,8-15,17-18H2,1H3,(H,35,36). The van der Waals surface area contributed by atoms with Crippen LogP contribution in [0.15, 0.2) is 30.3 Å². The van der Waals surface area contributed by atoms with Gasteiger partial charge in [0.05, 0.1) is 18.0 Å². The Balaban J connectivity index is 1.39. The van der Waals surface area contributed by atoms with Gasteiger partial charge in [0.1, 0.15) is 5.52 Å². The first kappa shape index (κ1) is 24.9. The van der Waals surface area contributed by atoms with E-state index in [4.69, 9.17) is 4.74 Å². The maximum atomic E-state index is 13.4. The smallest absolute Gasteiger partial charge is 0.320 e. The van der Waals surface area contributed by atoms with Gasteiger partial charge >= 0.3 is 12.0 Å². The summed E-state index contributed by atoms with van der Waals surface area (Å²) in [4.78, 5) is 29.3. The second kappa shape index (κ2) is 10.4. The van der Waals surface area contributed by atoms with Crippen LogP contribution in [0.4, 0.5) is 4.79 Å². The molecular formula is C29H35N5O4. The molecule has 6 aliphatic heterocycles. The highest BCUT2D eigenvalue weighted by atomic mass is 16.5. The third-order valence-electron chi connectivity index (χ3n) is 8.48. The van der Waals surface area contributed by atoms with Gasteiger partial charge in [-0.3, -0.25) is 4.79 Å². The average molecular weight is 518 g/mol. The van der Waals surface area contributed by atoms with Crippen LogP contribution in [-0.2, 0) is 29.0 Å². The Morgan fingerprint density at radius 2 is 1.89 bits per heavy atom. The van der Waals surface area contributed by atoms with Crippen molar-refractivity contribution in [3.05, 3.63) is 58.1 Å². The molecule has 1 fully saturated rings. The first-order valence-electron chi connectivity index (χ1n) is 13.8. The van der Waals surface area contributed by atoms with Crippen molar-refractivity contribution in [1.82, 2.24) is 24.8 Å². The summed E-state index contributed by atoms with van der Waals surface area (Å²) in [6.45, 7) is 6.16. The van der Waals surface area contributed by atoms with Gasteiger partial charge in [0.25, 0.3) is 0 Å². The lowest BCUT2D eigenvalue weighted by Gasteiger charge is -2.37. The van der Waals surface area contributed by atoms with Gasteiger partial charge in [0.2, 0.25) is 0 Å². The van der Waals surface area contributed by atoms with E-state index in [-0.39, 0.29) is 24.5 Å². The number of ether oxygens (including phenoxy) is 1. The highest BCUT2D eigenvalue weighted by Crippen LogP contribution is 2.35. The summed E-state index contributed by atoms with van der Waals surface area (Å²) in [6, 6.07) is 10.4. The maximum Gasteiger partial charge on any atom is 0.320 e. The van der Waals surface area contributed by atoms with Gasteiger partial charge in [-0.2, -0.15) is 0 Å². The molecule has 0 radical (unpaired) electrons. The van der Waals surface area contributed by atoms with Crippen molar-refractivity contribution in [2.45, 2.75) is 70.6 Å². The molecule has 9 heteroatoms. The molecule has 7 heterocycles. The van der Waals surface area contributed by atoms with Crippen molar-refractivity contribution in [3.8, 4) is 0 Å². The molecule has 9 nitrogen and oxygen atoms in total. The zero-order valence-electron chi connectivity index (χ0n) is 21.9. The number of piperidine rings is 1. The summed E-state index contributed by atoms with van der Waals surface area (Å²) < 4.78 is 8.09. The SMILES string of the molecule is Cc1c2ccc3c1nnn3CCCCOC1CCN(CC1)C(=O)N1CCc3ccc(cc3C1)C2CC(=O)O. The maximum absolute atomic E-state index is 13.4. The number of urea groups is 1. The van der Waals surface area contributed by atoms with E-state index in [1.807, 2.05) is 33.5 Å². The Morgan fingerprint density at radius 3 is 2.71 bits per heavy atom. The Bertz CT molecular complexity index is 1360. The number of aliphatic carboxylic acids is 1. The van der Waals surface area contributed by atoms with Gasteiger partial charge in [-0.25, -0.2) is 9.48 Å². The van der Waals surface area contributed by atoms with Crippen molar-refractivity contribution in [1.29, 1.82) is 0 Å². The summed E-state index contributed by atoms with van der Waals surface area (Å²) in [5, 5.41) is 18.7. The second-order valence-corrected chi connectivity index (χ2v) is 10.9. The van der Waals surface area contributed by atoms with Crippen molar-refractivity contribution in [2.24, 2.45) is 0 Å². The zero-order chi connectivity index (χ0) is 26.2. The molecule has 1 N–H and O–H groups in total. The fourth-order valence-electron chi connectivity index (χ4n) is 6.29. The quantitative estimate of drug-likeness (QED) is 0.549. The minimum Gasteiger partial charge on any atom is -0.481 e. The Labute approximate surface area is 222 Å². The van der Waals surface area contributed by atoms with Crippen LogP contribution in [0.2, 0.25) is 0 Å². The summed E-state index contributed by atoms with van der Waals surface area (Å²) in [7, 11) is 0. The van der Waals surface area contributed by atoms with Crippen molar-refractivity contribution in [2.75, 3.05) is 26.2 Å². The summed E-state index contributed by atoms with van der Waals surface area (Å²) >= 11 is 0. The molecule has 2 amide bonds. The molecule has 0 saturated carbocycles. The van der Waals surface area contributed by atoms with Crippen LogP contribution in [0, 0.1) is 6.92 Å². The van der Waals surface area contributed by atoms with Crippen LogP contribution in [0.5, 0.6) is 0 Å². The topological polar surface area (TPSA) is 101 Å². The van der Waals surface area contributed by atoms with E-state index in [1.54, 1.807) is 0 Å². The third kappa shape index (κ3) is 4.75. The molecule has 6 aliphatic rings. The van der Waals surface area contributed by atoms with Crippen molar-refractivity contribution >= 4 is 23.0 Å². The number of benzene rings is 2. The van der Waals surface area contributed by atoms with Crippen molar-refractivity contribution in [3.63, 3.8) is 0 Å². The average Bonchev–Trinajstić information content (AvgIpc) is 3.34. The number of carbonyl (C=O) groups excluding carboxylic acids is 1. The predicted molar refractivity (Wildman–Crippen MR) is 142 cm³/mol. The predicted octanol–water partition coefficient (Wildman–Crippen LogP) is 4.10. The van der Waals surface area contributed by atoms with E-state index in [0.29, 0.717) is 19.7 Å². The highest BCUT2D eigenvalue weighted by Gasteiger charge is 2.30. The summed E-state index contributed by atoms with van der Waals surface area (Å²) in [5.74, 6) is -1.16. The Kier molecular flexibility index (Phi) is 6.78. The van der Waals surface area contributed by atoms with Crippen LogP contribution in [0.1, 0.15) is 65.8 Å². The minimum absolute atomic E-state index is 0.0170. The lowest BCUT2D eigenvalue weighted by Crippen LogP contribution is -2.49. The number of carboxylic acids is 1. The Hall–Kier alpha value is -3.46. The molecule has 1 saturated heterocycles. The molecule has 1 atom stereocenters. The molecule has 1 unspecified atom stereocenters.